The van der Waals surface area contributed by atoms with Crippen LogP contribution < -0.4 is 0 Å². The van der Waals surface area contributed by atoms with Crippen molar-refractivity contribution in [1.29, 1.82) is 0 Å². The van der Waals surface area contributed by atoms with Crippen LogP contribution >= 0.6 is 0 Å². The summed E-state index contributed by atoms with van der Waals surface area (Å²) in [4.78, 5) is -0.170. The molecule has 4 aromatic rings. The van der Waals surface area contributed by atoms with E-state index in [-0.39, 0.29) is 37.1 Å². The van der Waals surface area contributed by atoms with Crippen molar-refractivity contribution < 1.29 is 25.9 Å². The maximum absolute atomic E-state index is 11.8. The van der Waals surface area contributed by atoms with Crippen molar-refractivity contribution in [2.75, 3.05) is 0 Å². The van der Waals surface area contributed by atoms with Crippen LogP contribution in [0.25, 0.3) is 21.5 Å². The van der Waals surface area contributed by atoms with Gasteiger partial charge >= 0.3 is 27.3 Å². The Labute approximate surface area is 418 Å². The molecule has 0 aliphatic rings. The summed E-state index contributed by atoms with van der Waals surface area (Å²) in [5, 5.41) is 3.08. The summed E-state index contributed by atoms with van der Waals surface area (Å²) in [5.41, 5.74) is 4.82. The summed E-state index contributed by atoms with van der Waals surface area (Å²) in [6.45, 7) is 8.95. The Hall–Kier alpha value is -1.86. The maximum atomic E-state index is 11.8. The van der Waals surface area contributed by atoms with E-state index in [1.54, 1.807) is 0 Å². The van der Waals surface area contributed by atoms with Gasteiger partial charge in [-0.25, -0.2) is 16.8 Å². The molecule has 9 heteroatoms. The average Bonchev–Trinajstić information content (AvgIpc) is 3.27. The van der Waals surface area contributed by atoms with E-state index in [2.05, 4.69) is 39.8 Å². The SMILES string of the molecule is CCCCCCCCCc1ccc2c(S(=O)(=O)[O-])ccc(CCCCCCCCC)c2c1.CCCCCCCCCc1ccc2c(S(=O)(=O)[O-])ccc(CCCCCCCCC)c2c1.[Pb+2]. The molecule has 2 radical (unpaired) electrons. The molecule has 0 saturated carbocycles. The molecule has 4 rings (SSSR count). The molecule has 0 aromatic heterocycles. The van der Waals surface area contributed by atoms with Crippen LogP contribution in [0.2, 0.25) is 0 Å². The summed E-state index contributed by atoms with van der Waals surface area (Å²) in [6.07, 6.45) is 39.3. The van der Waals surface area contributed by atoms with Gasteiger partial charge in [0.2, 0.25) is 0 Å². The normalized spacial score (nSPS) is 11.8. The van der Waals surface area contributed by atoms with Crippen molar-refractivity contribution in [3.05, 3.63) is 82.9 Å². The minimum atomic E-state index is -4.48. The Morgan fingerprint density at radius 3 is 0.862 bits per heavy atom. The van der Waals surface area contributed by atoms with Gasteiger partial charge in [0, 0.05) is 0 Å². The van der Waals surface area contributed by atoms with Gasteiger partial charge in [0.1, 0.15) is 20.2 Å². The molecular weight excluding hydrogens is 1040 g/mol. The summed E-state index contributed by atoms with van der Waals surface area (Å²) in [6, 6.07) is 18.7. The minimum Gasteiger partial charge on any atom is -0.744 e. The molecule has 0 fully saturated rings. The number of hydrogen-bond acceptors (Lipinski definition) is 6. The predicted octanol–water partition coefficient (Wildman–Crippen LogP) is 16.3. The number of fused-ring (bicyclic) bond motifs is 2. The van der Waals surface area contributed by atoms with Crippen molar-refractivity contribution >= 4 is 69.1 Å². The zero-order valence-corrected chi connectivity index (χ0v) is 46.7. The molecule has 4 aromatic carbocycles. The second-order valence-corrected chi connectivity index (χ2v) is 21.3. The fraction of sp³-hybridized carbons (Fsp3) is 0.643. The molecule has 0 aliphatic carbocycles. The zero-order valence-electron chi connectivity index (χ0n) is 41.2. The molecule has 65 heavy (non-hydrogen) atoms. The van der Waals surface area contributed by atoms with Crippen LogP contribution in [0, 0.1) is 0 Å². The maximum Gasteiger partial charge on any atom is 2.00 e. The van der Waals surface area contributed by atoms with Crippen molar-refractivity contribution in [3.8, 4) is 0 Å². The van der Waals surface area contributed by atoms with E-state index in [1.807, 2.05) is 36.4 Å². The Kier molecular flexibility index (Phi) is 31.4. The number of hydrogen-bond donors (Lipinski definition) is 0. The molecule has 0 bridgehead atoms. The van der Waals surface area contributed by atoms with Crippen molar-refractivity contribution in [3.63, 3.8) is 0 Å². The average molecular weight is 1130 g/mol. The van der Waals surface area contributed by atoms with Crippen molar-refractivity contribution in [2.24, 2.45) is 0 Å². The van der Waals surface area contributed by atoms with Crippen LogP contribution in [-0.4, -0.2) is 53.2 Å². The number of benzene rings is 4. The van der Waals surface area contributed by atoms with E-state index in [0.29, 0.717) is 10.8 Å². The fourth-order valence-electron chi connectivity index (χ4n) is 9.16. The van der Waals surface area contributed by atoms with E-state index < -0.39 is 20.2 Å². The molecule has 6 nitrogen and oxygen atoms in total. The van der Waals surface area contributed by atoms with E-state index >= 15 is 0 Å². The molecule has 0 N–H and O–H groups in total. The molecule has 0 atom stereocenters. The van der Waals surface area contributed by atoms with E-state index in [1.165, 1.54) is 188 Å². The largest absolute Gasteiger partial charge is 2.00 e. The Morgan fingerprint density at radius 1 is 0.323 bits per heavy atom. The third-order valence-corrected chi connectivity index (χ3v) is 14.8. The quantitative estimate of drug-likeness (QED) is 0.0261. The van der Waals surface area contributed by atoms with Gasteiger partial charge in [-0.1, -0.05) is 230 Å². The fourth-order valence-corrected chi connectivity index (χ4v) is 10.5. The topological polar surface area (TPSA) is 114 Å². The summed E-state index contributed by atoms with van der Waals surface area (Å²) < 4.78 is 70.8. The van der Waals surface area contributed by atoms with Crippen LogP contribution in [0.5, 0.6) is 0 Å². The molecular formula is C56H86O6PbS2. The van der Waals surface area contributed by atoms with Crippen LogP contribution in [0.15, 0.2) is 70.5 Å². The third kappa shape index (κ3) is 23.3. The zero-order chi connectivity index (χ0) is 46.5. The smallest absolute Gasteiger partial charge is 0.744 e. The summed E-state index contributed by atoms with van der Waals surface area (Å²) in [5.74, 6) is 0. The van der Waals surface area contributed by atoms with Crippen LogP contribution in [0.4, 0.5) is 0 Å². The number of unbranched alkanes of at least 4 members (excludes halogenated alkanes) is 24. The third-order valence-electron chi connectivity index (χ3n) is 13.0. The molecule has 0 amide bonds. The molecule has 0 spiro atoms. The summed E-state index contributed by atoms with van der Waals surface area (Å²) in [7, 11) is -8.96. The van der Waals surface area contributed by atoms with Gasteiger partial charge in [0.15, 0.2) is 0 Å². The van der Waals surface area contributed by atoms with Gasteiger partial charge in [-0.3, -0.25) is 0 Å². The van der Waals surface area contributed by atoms with Gasteiger partial charge in [0.05, 0.1) is 9.79 Å². The summed E-state index contributed by atoms with van der Waals surface area (Å²) >= 11 is 0. The molecule has 0 aliphatic heterocycles. The monoisotopic (exact) mass is 1130 g/mol. The Bertz CT molecular complexity index is 1960. The second-order valence-electron chi connectivity index (χ2n) is 18.6. The predicted molar refractivity (Wildman–Crippen MR) is 276 cm³/mol. The van der Waals surface area contributed by atoms with Crippen molar-refractivity contribution in [2.45, 2.75) is 243 Å². The van der Waals surface area contributed by atoms with Crippen LogP contribution in [0.1, 0.15) is 230 Å². The first-order chi connectivity index (χ1) is 30.9. The van der Waals surface area contributed by atoms with Gasteiger partial charge in [-0.15, -0.1) is 0 Å². The number of rotatable bonds is 34. The van der Waals surface area contributed by atoms with Gasteiger partial charge < -0.3 is 9.11 Å². The van der Waals surface area contributed by atoms with E-state index in [9.17, 15) is 25.9 Å². The Morgan fingerprint density at radius 2 is 0.585 bits per heavy atom. The molecule has 0 saturated heterocycles. The number of aryl methyl sites for hydroxylation is 4. The van der Waals surface area contributed by atoms with Crippen LogP contribution in [-0.2, 0) is 45.9 Å². The molecule has 0 heterocycles. The standard InChI is InChI=1S/2C28H44O3S.Pb/c2*1-3-5-7-9-11-13-15-17-24-19-21-26-27(23-24)25(20-22-28(26)32(29,30)31)18-16-14-12-10-8-6-4-2;/h2*19-23H,3-18H2,1-2H3,(H,29,30,31);/q;;+2/p-2. The Balaban J connectivity index is 0.000000440. The minimum absolute atomic E-state index is 0. The first-order valence-corrected chi connectivity index (χ1v) is 28.8. The van der Waals surface area contributed by atoms with E-state index in [0.717, 1.165) is 62.1 Å². The molecule has 362 valence electrons. The van der Waals surface area contributed by atoms with Crippen LogP contribution in [0.3, 0.4) is 0 Å². The van der Waals surface area contributed by atoms with Crippen molar-refractivity contribution in [1.82, 2.24) is 0 Å². The van der Waals surface area contributed by atoms with Gasteiger partial charge in [-0.05, 0) is 107 Å². The first kappa shape index (κ1) is 59.3. The second kappa shape index (κ2) is 34.4. The first-order valence-electron chi connectivity index (χ1n) is 25.9. The van der Waals surface area contributed by atoms with Gasteiger partial charge in [-0.2, -0.15) is 0 Å². The van der Waals surface area contributed by atoms with E-state index in [4.69, 9.17) is 0 Å². The van der Waals surface area contributed by atoms with Gasteiger partial charge in [0.25, 0.3) is 0 Å². The molecule has 0 unspecified atom stereocenters.